The van der Waals surface area contributed by atoms with E-state index in [9.17, 15) is 9.59 Å². The van der Waals surface area contributed by atoms with Crippen molar-refractivity contribution in [2.45, 2.75) is 32.7 Å². The van der Waals surface area contributed by atoms with Gasteiger partial charge in [-0.15, -0.1) is 0 Å². The maximum Gasteiger partial charge on any atom is 0.242 e. The summed E-state index contributed by atoms with van der Waals surface area (Å²) in [6, 6.07) is -0.548. The molecule has 2 aliphatic rings. The summed E-state index contributed by atoms with van der Waals surface area (Å²) in [7, 11) is 0. The van der Waals surface area contributed by atoms with Gasteiger partial charge in [0.1, 0.15) is 0 Å². The van der Waals surface area contributed by atoms with Crippen molar-refractivity contribution in [1.29, 1.82) is 0 Å². The molecule has 120 valence electrons. The summed E-state index contributed by atoms with van der Waals surface area (Å²) in [5, 5.41) is 2.65. The van der Waals surface area contributed by atoms with Crippen LogP contribution in [-0.2, 0) is 9.59 Å². The third-order valence-corrected chi connectivity index (χ3v) is 4.37. The molecule has 0 aromatic rings. The predicted molar refractivity (Wildman–Crippen MR) is 81.6 cm³/mol. The summed E-state index contributed by atoms with van der Waals surface area (Å²) in [4.78, 5) is 28.1. The van der Waals surface area contributed by atoms with Crippen molar-refractivity contribution in [3.05, 3.63) is 0 Å². The lowest BCUT2D eigenvalue weighted by atomic mass is 10.1. The topological polar surface area (TPSA) is 78.7 Å². The highest BCUT2D eigenvalue weighted by Gasteiger charge is 2.27. The van der Waals surface area contributed by atoms with E-state index in [1.165, 1.54) is 19.4 Å². The first kappa shape index (κ1) is 16.2. The molecule has 0 unspecified atom stereocenters. The molecular weight excluding hydrogens is 268 g/mol. The van der Waals surface area contributed by atoms with E-state index in [1.54, 1.807) is 0 Å². The molecule has 6 nitrogen and oxygen atoms in total. The molecule has 2 rings (SSSR count). The number of nitrogens with two attached hydrogens (primary N) is 1. The van der Waals surface area contributed by atoms with Crippen LogP contribution in [0, 0.1) is 11.8 Å². The number of carbonyl (C=O) groups excluding carboxylic acids is 2. The van der Waals surface area contributed by atoms with Crippen LogP contribution >= 0.6 is 0 Å². The number of hydrogen-bond acceptors (Lipinski definition) is 4. The van der Waals surface area contributed by atoms with E-state index in [1.807, 2.05) is 18.7 Å². The molecule has 2 amide bonds. The quantitative estimate of drug-likeness (QED) is 0.701. The Balaban J connectivity index is 1.66. The zero-order chi connectivity index (χ0) is 15.4. The van der Waals surface area contributed by atoms with E-state index in [0.717, 1.165) is 32.1 Å². The number of nitrogens with one attached hydrogen (secondary N) is 1. The summed E-state index contributed by atoms with van der Waals surface area (Å²) in [6.07, 6.45) is 2.72. The fourth-order valence-electron chi connectivity index (χ4n) is 2.54. The predicted octanol–water partition coefficient (Wildman–Crippen LogP) is -0.360. The maximum atomic E-state index is 12.1. The van der Waals surface area contributed by atoms with Crippen LogP contribution in [0.5, 0.6) is 0 Å². The Kier molecular flexibility index (Phi) is 5.58. The van der Waals surface area contributed by atoms with Crippen molar-refractivity contribution in [2.24, 2.45) is 17.6 Å². The Morgan fingerprint density at radius 3 is 2.33 bits per heavy atom. The number of piperazine rings is 1. The van der Waals surface area contributed by atoms with Crippen molar-refractivity contribution >= 4 is 11.8 Å². The Hall–Kier alpha value is -1.14. The molecule has 1 heterocycles. The van der Waals surface area contributed by atoms with Gasteiger partial charge in [-0.3, -0.25) is 14.5 Å². The Morgan fingerprint density at radius 1 is 1.19 bits per heavy atom. The largest absolute Gasteiger partial charge is 0.346 e. The average Bonchev–Trinajstić information content (AvgIpc) is 3.28. The molecule has 0 radical (unpaired) electrons. The molecular formula is C15H28N4O2. The van der Waals surface area contributed by atoms with Gasteiger partial charge in [-0.2, -0.15) is 0 Å². The number of rotatable bonds is 6. The molecule has 0 aromatic heterocycles. The lowest BCUT2D eigenvalue weighted by Crippen LogP contribution is -2.53. The molecule has 1 aliphatic heterocycles. The minimum Gasteiger partial charge on any atom is -0.346 e. The second-order valence-corrected chi connectivity index (χ2v) is 6.61. The van der Waals surface area contributed by atoms with Crippen LogP contribution in [0.2, 0.25) is 0 Å². The Labute approximate surface area is 127 Å². The van der Waals surface area contributed by atoms with E-state index in [-0.39, 0.29) is 24.3 Å². The van der Waals surface area contributed by atoms with Gasteiger partial charge in [-0.1, -0.05) is 13.8 Å². The van der Waals surface area contributed by atoms with Gasteiger partial charge in [0.15, 0.2) is 0 Å². The highest BCUT2D eigenvalue weighted by Crippen LogP contribution is 2.29. The summed E-state index contributed by atoms with van der Waals surface area (Å²) in [6.45, 7) is 8.44. The van der Waals surface area contributed by atoms with Crippen LogP contribution in [0.25, 0.3) is 0 Å². The second-order valence-electron chi connectivity index (χ2n) is 6.61. The molecule has 0 spiro atoms. The highest BCUT2D eigenvalue weighted by atomic mass is 16.2. The second kappa shape index (κ2) is 7.22. The van der Waals surface area contributed by atoms with E-state index in [4.69, 9.17) is 5.73 Å². The first-order valence-electron chi connectivity index (χ1n) is 8.00. The van der Waals surface area contributed by atoms with Crippen LogP contribution < -0.4 is 11.1 Å². The van der Waals surface area contributed by atoms with Gasteiger partial charge < -0.3 is 16.0 Å². The lowest BCUT2D eigenvalue weighted by molar-refractivity contribution is -0.134. The monoisotopic (exact) mass is 296 g/mol. The SMILES string of the molecule is CC(C)[C@H](N)C(=O)NCC(=O)N1CCN(CC2CC2)CC1. The molecule has 1 saturated heterocycles. The first-order chi connectivity index (χ1) is 9.97. The van der Waals surface area contributed by atoms with E-state index in [0.29, 0.717) is 0 Å². The number of carbonyl (C=O) groups is 2. The number of hydrogen-bond donors (Lipinski definition) is 2. The van der Waals surface area contributed by atoms with Crippen LogP contribution in [-0.4, -0.2) is 66.9 Å². The molecule has 6 heteroatoms. The van der Waals surface area contributed by atoms with Crippen molar-refractivity contribution in [2.75, 3.05) is 39.3 Å². The third-order valence-electron chi connectivity index (χ3n) is 4.37. The number of amides is 2. The molecule has 2 fully saturated rings. The molecule has 1 atom stereocenters. The van der Waals surface area contributed by atoms with Gasteiger partial charge in [-0.05, 0) is 24.7 Å². The minimum atomic E-state index is -0.548. The van der Waals surface area contributed by atoms with Gasteiger partial charge in [0.2, 0.25) is 11.8 Å². The van der Waals surface area contributed by atoms with Crippen LogP contribution in [0.15, 0.2) is 0 Å². The van der Waals surface area contributed by atoms with Gasteiger partial charge in [0.05, 0.1) is 12.6 Å². The van der Waals surface area contributed by atoms with Crippen LogP contribution in [0.3, 0.4) is 0 Å². The maximum absolute atomic E-state index is 12.1. The summed E-state index contributed by atoms with van der Waals surface area (Å²) >= 11 is 0. The third kappa shape index (κ3) is 4.97. The fourth-order valence-corrected chi connectivity index (χ4v) is 2.54. The average molecular weight is 296 g/mol. The van der Waals surface area contributed by atoms with E-state index < -0.39 is 6.04 Å². The Morgan fingerprint density at radius 2 is 1.81 bits per heavy atom. The number of nitrogens with zero attached hydrogens (tertiary/aromatic N) is 2. The van der Waals surface area contributed by atoms with Crippen LogP contribution in [0.1, 0.15) is 26.7 Å². The van der Waals surface area contributed by atoms with E-state index in [2.05, 4.69) is 10.2 Å². The normalized spacial score (nSPS) is 21.4. The minimum absolute atomic E-state index is 0.00891. The molecule has 1 aliphatic carbocycles. The van der Waals surface area contributed by atoms with E-state index >= 15 is 0 Å². The summed E-state index contributed by atoms with van der Waals surface area (Å²) in [5.74, 6) is 0.714. The summed E-state index contributed by atoms with van der Waals surface area (Å²) in [5.41, 5.74) is 5.75. The highest BCUT2D eigenvalue weighted by molar-refractivity contribution is 5.87. The standard InChI is InChI=1S/C15H28N4O2/c1-11(2)14(16)15(21)17-9-13(20)19-7-5-18(6-8-19)10-12-3-4-12/h11-12,14H,3-10,16H2,1-2H3,(H,17,21)/t14-/m0/s1. The molecule has 21 heavy (non-hydrogen) atoms. The Bertz CT molecular complexity index is 374. The molecule has 1 saturated carbocycles. The van der Waals surface area contributed by atoms with Crippen molar-refractivity contribution in [3.63, 3.8) is 0 Å². The zero-order valence-corrected chi connectivity index (χ0v) is 13.2. The zero-order valence-electron chi connectivity index (χ0n) is 13.2. The van der Waals surface area contributed by atoms with Gasteiger partial charge in [-0.25, -0.2) is 0 Å². The lowest BCUT2D eigenvalue weighted by Gasteiger charge is -2.34. The fraction of sp³-hybridized carbons (Fsp3) is 0.867. The van der Waals surface area contributed by atoms with Crippen molar-refractivity contribution < 1.29 is 9.59 Å². The van der Waals surface area contributed by atoms with Crippen molar-refractivity contribution in [3.8, 4) is 0 Å². The van der Waals surface area contributed by atoms with Gasteiger partial charge in [0.25, 0.3) is 0 Å². The molecule has 0 aromatic carbocycles. The molecule has 0 bridgehead atoms. The van der Waals surface area contributed by atoms with Gasteiger partial charge in [0, 0.05) is 32.7 Å². The molecule has 3 N–H and O–H groups in total. The van der Waals surface area contributed by atoms with Gasteiger partial charge >= 0.3 is 0 Å². The van der Waals surface area contributed by atoms with Crippen molar-refractivity contribution in [1.82, 2.24) is 15.1 Å². The first-order valence-corrected chi connectivity index (χ1v) is 8.00. The summed E-state index contributed by atoms with van der Waals surface area (Å²) < 4.78 is 0. The smallest absolute Gasteiger partial charge is 0.242 e. The van der Waals surface area contributed by atoms with Crippen LogP contribution in [0.4, 0.5) is 0 Å².